The molecule has 1 atom stereocenters. The Labute approximate surface area is 79.4 Å². The Hall–Kier alpha value is -0.610. The van der Waals surface area contributed by atoms with Crippen LogP contribution in [0.4, 0.5) is 0 Å². The number of carbonyl (C=O) groups excluding carboxylic acids is 1. The van der Waals surface area contributed by atoms with Gasteiger partial charge in [0, 0.05) is 0 Å². The molecule has 0 amide bonds. The lowest BCUT2D eigenvalue weighted by molar-refractivity contribution is -0.153. The first-order chi connectivity index (χ1) is 5.81. The summed E-state index contributed by atoms with van der Waals surface area (Å²) >= 11 is 0. The van der Waals surface area contributed by atoms with E-state index in [1.54, 1.807) is 13.8 Å². The quantitative estimate of drug-likeness (QED) is 0.661. The van der Waals surface area contributed by atoms with Crippen molar-refractivity contribution in [3.8, 4) is 0 Å². The molecule has 0 saturated heterocycles. The lowest BCUT2D eigenvalue weighted by Gasteiger charge is -2.31. The molecule has 0 aromatic rings. The van der Waals surface area contributed by atoms with Gasteiger partial charge in [-0.15, -0.1) is 0 Å². The minimum absolute atomic E-state index is 0.0331. The highest BCUT2D eigenvalue weighted by atomic mass is 16.5. The molecule has 0 aromatic carbocycles. The summed E-state index contributed by atoms with van der Waals surface area (Å²) in [6.45, 7) is 7.33. The number of nitrogens with two attached hydrogens (primary N) is 1. The maximum Gasteiger partial charge on any atom is 0.325 e. The summed E-state index contributed by atoms with van der Waals surface area (Å²) in [5, 5.41) is 0. The lowest BCUT2D eigenvalue weighted by Crippen LogP contribution is -2.52. The molecule has 78 valence electrons. The molecule has 0 aliphatic rings. The van der Waals surface area contributed by atoms with E-state index >= 15 is 0 Å². The largest absolute Gasteiger partial charge is 0.468 e. The normalized spacial score (nSPS) is 14.4. The minimum atomic E-state index is -0.750. The van der Waals surface area contributed by atoms with Crippen molar-refractivity contribution in [2.75, 3.05) is 7.11 Å². The van der Waals surface area contributed by atoms with Crippen LogP contribution in [-0.4, -0.2) is 30.8 Å². The van der Waals surface area contributed by atoms with Gasteiger partial charge in [0.2, 0.25) is 0 Å². The summed E-state index contributed by atoms with van der Waals surface area (Å²) < 4.78 is 10.0. The maximum atomic E-state index is 11.1. The smallest absolute Gasteiger partial charge is 0.325 e. The highest BCUT2D eigenvalue weighted by Crippen LogP contribution is 2.16. The molecule has 0 rings (SSSR count). The third-order valence-corrected chi connectivity index (χ3v) is 1.74. The van der Waals surface area contributed by atoms with Crippen molar-refractivity contribution in [2.45, 2.75) is 45.4 Å². The molecule has 0 saturated carbocycles. The molecule has 0 aliphatic heterocycles. The topological polar surface area (TPSA) is 61.5 Å². The van der Waals surface area contributed by atoms with Crippen LogP contribution in [0.5, 0.6) is 0 Å². The Kier molecular flexibility index (Phi) is 4.36. The van der Waals surface area contributed by atoms with Crippen molar-refractivity contribution >= 4 is 5.97 Å². The van der Waals surface area contributed by atoms with E-state index < -0.39 is 17.6 Å². The van der Waals surface area contributed by atoms with Crippen molar-refractivity contribution in [3.63, 3.8) is 0 Å². The van der Waals surface area contributed by atoms with E-state index in [9.17, 15) is 4.79 Å². The Balaban J connectivity index is 4.34. The van der Waals surface area contributed by atoms with Gasteiger partial charge in [-0.2, -0.15) is 0 Å². The summed E-state index contributed by atoms with van der Waals surface area (Å²) in [7, 11) is 1.31. The Morgan fingerprint density at radius 1 is 1.38 bits per heavy atom. The number of methoxy groups -OCH3 is 1. The number of hydrogen-bond donors (Lipinski definition) is 1. The highest BCUT2D eigenvalue weighted by molar-refractivity contribution is 5.76. The first kappa shape index (κ1) is 12.4. The van der Waals surface area contributed by atoms with Crippen molar-refractivity contribution < 1.29 is 14.3 Å². The first-order valence-corrected chi connectivity index (χ1v) is 4.32. The number of esters is 1. The van der Waals surface area contributed by atoms with E-state index in [0.717, 1.165) is 0 Å². The molecule has 4 heteroatoms. The van der Waals surface area contributed by atoms with E-state index in [2.05, 4.69) is 4.74 Å². The zero-order valence-electron chi connectivity index (χ0n) is 8.96. The fraction of sp³-hybridized carbons (Fsp3) is 0.889. The van der Waals surface area contributed by atoms with E-state index in [1.165, 1.54) is 7.11 Å². The average Bonchev–Trinajstić information content (AvgIpc) is 1.99. The van der Waals surface area contributed by atoms with Crippen LogP contribution in [0.2, 0.25) is 0 Å². The van der Waals surface area contributed by atoms with E-state index in [1.807, 2.05) is 13.8 Å². The van der Waals surface area contributed by atoms with Gasteiger partial charge in [0.15, 0.2) is 0 Å². The van der Waals surface area contributed by atoms with Gasteiger partial charge in [0.05, 0.1) is 18.8 Å². The summed E-state index contributed by atoms with van der Waals surface area (Å²) in [5.41, 5.74) is 4.96. The fourth-order valence-corrected chi connectivity index (χ4v) is 1.09. The SMILES string of the molecule is COC(=O)C(N)C(C)(C)OC(C)C. The van der Waals surface area contributed by atoms with Crippen LogP contribution in [0.3, 0.4) is 0 Å². The molecule has 0 spiro atoms. The van der Waals surface area contributed by atoms with Crippen LogP contribution in [0.25, 0.3) is 0 Å². The average molecular weight is 189 g/mol. The van der Waals surface area contributed by atoms with Crippen molar-refractivity contribution in [3.05, 3.63) is 0 Å². The van der Waals surface area contributed by atoms with Gasteiger partial charge >= 0.3 is 5.97 Å². The van der Waals surface area contributed by atoms with Crippen LogP contribution in [0.15, 0.2) is 0 Å². The zero-order chi connectivity index (χ0) is 10.6. The number of hydrogen-bond acceptors (Lipinski definition) is 4. The molecule has 0 aromatic heterocycles. The standard InChI is InChI=1S/C9H19NO3/c1-6(2)13-9(3,4)7(10)8(11)12-5/h6-7H,10H2,1-5H3. The summed E-state index contributed by atoms with van der Waals surface area (Å²) in [6, 6.07) is -0.750. The fourth-order valence-electron chi connectivity index (χ4n) is 1.09. The third kappa shape index (κ3) is 3.74. The molecule has 2 N–H and O–H groups in total. The van der Waals surface area contributed by atoms with Crippen LogP contribution < -0.4 is 5.73 Å². The number of ether oxygens (including phenoxy) is 2. The zero-order valence-corrected chi connectivity index (χ0v) is 8.96. The van der Waals surface area contributed by atoms with Crippen molar-refractivity contribution in [1.82, 2.24) is 0 Å². The van der Waals surface area contributed by atoms with Crippen LogP contribution in [0.1, 0.15) is 27.7 Å². The minimum Gasteiger partial charge on any atom is -0.468 e. The van der Waals surface area contributed by atoms with Crippen LogP contribution in [0, 0.1) is 0 Å². The molecule has 0 heterocycles. The molecule has 4 nitrogen and oxygen atoms in total. The Morgan fingerprint density at radius 3 is 2.15 bits per heavy atom. The van der Waals surface area contributed by atoms with Crippen molar-refractivity contribution in [2.24, 2.45) is 5.73 Å². The lowest BCUT2D eigenvalue weighted by atomic mass is 9.99. The molecule has 0 aliphatic carbocycles. The summed E-state index contributed by atoms with van der Waals surface area (Å²) in [4.78, 5) is 11.1. The third-order valence-electron chi connectivity index (χ3n) is 1.74. The Morgan fingerprint density at radius 2 is 1.85 bits per heavy atom. The molecular formula is C9H19NO3. The second kappa shape index (κ2) is 4.58. The van der Waals surface area contributed by atoms with Crippen LogP contribution in [-0.2, 0) is 14.3 Å². The maximum absolute atomic E-state index is 11.1. The van der Waals surface area contributed by atoms with Crippen LogP contribution >= 0.6 is 0 Å². The van der Waals surface area contributed by atoms with Gasteiger partial charge < -0.3 is 15.2 Å². The summed E-state index contributed by atoms with van der Waals surface area (Å²) in [6.07, 6.45) is 0.0331. The predicted octanol–water partition coefficient (Wildman–Crippen LogP) is 0.690. The molecule has 1 unspecified atom stereocenters. The second-order valence-electron chi connectivity index (χ2n) is 3.77. The molecule has 0 bridgehead atoms. The van der Waals surface area contributed by atoms with Gasteiger partial charge in [-0.1, -0.05) is 0 Å². The first-order valence-electron chi connectivity index (χ1n) is 4.32. The van der Waals surface area contributed by atoms with Gasteiger partial charge in [-0.3, -0.25) is 4.79 Å². The van der Waals surface area contributed by atoms with E-state index in [-0.39, 0.29) is 6.10 Å². The second-order valence-corrected chi connectivity index (χ2v) is 3.77. The van der Waals surface area contributed by atoms with E-state index in [4.69, 9.17) is 10.5 Å². The monoisotopic (exact) mass is 189 g/mol. The molecule has 0 radical (unpaired) electrons. The number of rotatable bonds is 4. The van der Waals surface area contributed by atoms with Gasteiger partial charge in [0.1, 0.15) is 6.04 Å². The Bertz CT molecular complexity index is 178. The molecular weight excluding hydrogens is 170 g/mol. The van der Waals surface area contributed by atoms with Gasteiger partial charge in [-0.05, 0) is 27.7 Å². The predicted molar refractivity (Wildman–Crippen MR) is 50.3 cm³/mol. The van der Waals surface area contributed by atoms with Gasteiger partial charge in [0.25, 0.3) is 0 Å². The summed E-state index contributed by atoms with van der Waals surface area (Å²) in [5.74, 6) is -0.453. The van der Waals surface area contributed by atoms with Gasteiger partial charge in [-0.25, -0.2) is 0 Å². The number of carbonyl (C=O) groups is 1. The van der Waals surface area contributed by atoms with E-state index in [0.29, 0.717) is 0 Å². The molecule has 13 heavy (non-hydrogen) atoms. The van der Waals surface area contributed by atoms with Crippen molar-refractivity contribution in [1.29, 1.82) is 0 Å². The molecule has 0 fully saturated rings. The highest BCUT2D eigenvalue weighted by Gasteiger charge is 2.34.